The largest absolute Gasteiger partial charge is 1.00 e. The molecule has 2 rings (SSSR count). The number of unbranched alkanes of at least 4 members (excludes halogenated alkanes) is 5. The summed E-state index contributed by atoms with van der Waals surface area (Å²) >= 11 is 0. The fourth-order valence-electron chi connectivity index (χ4n) is 4.46. The minimum absolute atomic E-state index is 0. The molecule has 0 aromatic heterocycles. The van der Waals surface area contributed by atoms with Gasteiger partial charge in [0.05, 0.1) is 26.2 Å². The number of hydrogen-bond acceptors (Lipinski definition) is 0. The van der Waals surface area contributed by atoms with E-state index < -0.39 is 0 Å². The van der Waals surface area contributed by atoms with Crippen molar-refractivity contribution in [3.05, 3.63) is 35.9 Å². The van der Waals surface area contributed by atoms with Crippen molar-refractivity contribution in [1.29, 1.82) is 0 Å². The molecule has 0 aliphatic carbocycles. The number of hydrogen-bond donors (Lipinski definition) is 0. The normalized spacial score (nSPS) is 18.2. The Morgan fingerprint density at radius 1 is 0.840 bits per heavy atom. The number of rotatable bonds is 10. The van der Waals surface area contributed by atoms with Crippen LogP contribution in [0.3, 0.4) is 0 Å². The lowest BCUT2D eigenvalue weighted by Crippen LogP contribution is -3.00. The van der Waals surface area contributed by atoms with Gasteiger partial charge in [-0.05, 0) is 44.1 Å². The zero-order valence-electron chi connectivity index (χ0n) is 16.7. The van der Waals surface area contributed by atoms with E-state index >= 15 is 0 Å². The molecule has 1 fully saturated rings. The van der Waals surface area contributed by atoms with Crippen LogP contribution in [0.5, 0.6) is 0 Å². The first-order valence-corrected chi connectivity index (χ1v) is 10.6. The van der Waals surface area contributed by atoms with E-state index in [0.29, 0.717) is 0 Å². The first kappa shape index (κ1) is 23.0. The molecule has 1 heterocycles. The van der Waals surface area contributed by atoms with E-state index in [1.165, 1.54) is 100 Å². The number of quaternary nitrogens is 1. The third kappa shape index (κ3) is 8.43. The van der Waals surface area contributed by atoms with Crippen LogP contribution in [-0.2, 0) is 6.42 Å². The summed E-state index contributed by atoms with van der Waals surface area (Å²) < 4.78 is 1.32. The second-order valence-corrected chi connectivity index (χ2v) is 8.24. The number of halogens is 1. The van der Waals surface area contributed by atoms with E-state index in [2.05, 4.69) is 44.3 Å². The van der Waals surface area contributed by atoms with E-state index in [1.54, 1.807) is 0 Å². The summed E-state index contributed by atoms with van der Waals surface area (Å²) in [4.78, 5) is 0. The van der Waals surface area contributed by atoms with E-state index in [-0.39, 0.29) is 24.0 Å². The van der Waals surface area contributed by atoms with Crippen molar-refractivity contribution in [1.82, 2.24) is 0 Å². The second kappa shape index (κ2) is 13.1. The van der Waals surface area contributed by atoms with Gasteiger partial charge < -0.3 is 28.5 Å². The molecule has 1 nitrogen and oxygen atoms in total. The predicted molar refractivity (Wildman–Crippen MR) is 106 cm³/mol. The van der Waals surface area contributed by atoms with Crippen LogP contribution in [0.25, 0.3) is 0 Å². The molecule has 1 atom stereocenters. The highest BCUT2D eigenvalue weighted by Gasteiger charge is 2.32. The molecule has 1 aliphatic rings. The molecule has 0 radical (unpaired) electrons. The zero-order valence-corrected chi connectivity index (χ0v) is 18.8. The lowest BCUT2D eigenvalue weighted by molar-refractivity contribution is -0.933. The Labute approximate surface area is 174 Å². The molecule has 0 bridgehead atoms. The Hall–Kier alpha value is -0.0900. The Kier molecular flexibility index (Phi) is 12.1. The van der Waals surface area contributed by atoms with Gasteiger partial charge in [0.25, 0.3) is 0 Å². The molecular formula is C23H40IN. The van der Waals surface area contributed by atoms with Gasteiger partial charge in [0, 0.05) is 6.42 Å². The molecule has 0 saturated carbocycles. The first-order chi connectivity index (χ1) is 11.7. The van der Waals surface area contributed by atoms with Crippen LogP contribution in [0.4, 0.5) is 0 Å². The second-order valence-electron chi connectivity index (χ2n) is 8.24. The smallest absolute Gasteiger partial charge is 0.0929 e. The summed E-state index contributed by atoms with van der Waals surface area (Å²) in [6, 6.07) is 12.0. The number of nitrogens with zero attached hydrogens (tertiary/aromatic N) is 1. The lowest BCUT2D eigenvalue weighted by atomic mass is 9.96. The molecule has 1 aliphatic heterocycles. The van der Waals surface area contributed by atoms with Gasteiger partial charge in [-0.1, -0.05) is 69.4 Å². The fourth-order valence-corrected chi connectivity index (χ4v) is 4.46. The maximum absolute atomic E-state index is 2.55. The summed E-state index contributed by atoms with van der Waals surface area (Å²) in [5.74, 6) is 0. The van der Waals surface area contributed by atoms with Crippen molar-refractivity contribution >= 4 is 0 Å². The predicted octanol–water partition coefficient (Wildman–Crippen LogP) is 3.37. The lowest BCUT2D eigenvalue weighted by Gasteiger charge is -2.41. The van der Waals surface area contributed by atoms with Gasteiger partial charge in [-0.15, -0.1) is 0 Å². The first-order valence-electron chi connectivity index (χ1n) is 10.6. The summed E-state index contributed by atoms with van der Waals surface area (Å²) in [6.45, 7) is 5.10. The maximum Gasteiger partial charge on any atom is 0.0929 e. The Morgan fingerprint density at radius 2 is 1.44 bits per heavy atom. The molecule has 144 valence electrons. The highest BCUT2D eigenvalue weighted by molar-refractivity contribution is 5.15. The molecule has 0 N–H and O–H groups in total. The van der Waals surface area contributed by atoms with Crippen LogP contribution in [0.1, 0.15) is 83.1 Å². The van der Waals surface area contributed by atoms with Crippen molar-refractivity contribution in [3.8, 4) is 0 Å². The minimum Gasteiger partial charge on any atom is -1.00 e. The average molecular weight is 457 g/mol. The number of likely N-dealkylation sites (N-methyl/N-ethyl adjacent to an activating group) is 1. The molecule has 0 spiro atoms. The van der Waals surface area contributed by atoms with Gasteiger partial charge in [0.1, 0.15) is 0 Å². The minimum atomic E-state index is 0. The van der Waals surface area contributed by atoms with Crippen molar-refractivity contribution in [2.24, 2.45) is 0 Å². The third-order valence-electron chi connectivity index (χ3n) is 6.17. The van der Waals surface area contributed by atoms with Crippen molar-refractivity contribution in [2.45, 2.75) is 90.0 Å². The molecule has 2 heteroatoms. The topological polar surface area (TPSA) is 0 Å². The maximum atomic E-state index is 2.55. The van der Waals surface area contributed by atoms with E-state index in [0.717, 1.165) is 6.04 Å². The van der Waals surface area contributed by atoms with Crippen LogP contribution >= 0.6 is 0 Å². The Balaban J connectivity index is 0.00000312. The SMILES string of the molecule is CCCCCCCCC(Cc1ccccc1)[N+]1(C)CCCCCC1.[I-]. The molecule has 1 unspecified atom stereocenters. The van der Waals surface area contributed by atoms with Crippen LogP contribution < -0.4 is 24.0 Å². The van der Waals surface area contributed by atoms with Crippen LogP contribution in [0, 0.1) is 0 Å². The van der Waals surface area contributed by atoms with Crippen molar-refractivity contribution < 1.29 is 28.5 Å². The van der Waals surface area contributed by atoms with Crippen LogP contribution in [-0.4, -0.2) is 30.7 Å². The van der Waals surface area contributed by atoms with Crippen molar-refractivity contribution in [3.63, 3.8) is 0 Å². The van der Waals surface area contributed by atoms with Gasteiger partial charge in [-0.2, -0.15) is 0 Å². The van der Waals surface area contributed by atoms with Gasteiger partial charge >= 0.3 is 0 Å². The summed E-state index contributed by atoms with van der Waals surface area (Å²) in [7, 11) is 2.55. The molecule has 25 heavy (non-hydrogen) atoms. The number of benzene rings is 1. The molecule has 1 aromatic carbocycles. The highest BCUT2D eigenvalue weighted by Crippen LogP contribution is 2.26. The zero-order chi connectivity index (χ0) is 17.1. The molecule has 1 saturated heterocycles. The summed E-state index contributed by atoms with van der Waals surface area (Å²) in [5, 5.41) is 0. The molecule has 0 amide bonds. The van der Waals surface area contributed by atoms with E-state index in [4.69, 9.17) is 0 Å². The van der Waals surface area contributed by atoms with E-state index in [9.17, 15) is 0 Å². The monoisotopic (exact) mass is 457 g/mol. The summed E-state index contributed by atoms with van der Waals surface area (Å²) in [6.07, 6.45) is 16.9. The van der Waals surface area contributed by atoms with Gasteiger partial charge in [-0.25, -0.2) is 0 Å². The fraction of sp³-hybridized carbons (Fsp3) is 0.739. The Bertz CT molecular complexity index is 423. The standard InChI is InChI=1S/C23H40N.HI/c1-3-4-5-6-7-13-18-23(21-22-16-11-10-12-17-22)24(2)19-14-8-9-15-20-24;/h10-12,16-17,23H,3-9,13-15,18-21H2,1-2H3;1H/q+1;/p-1. The van der Waals surface area contributed by atoms with Gasteiger partial charge in [-0.3, -0.25) is 0 Å². The highest BCUT2D eigenvalue weighted by atomic mass is 127. The molecular weight excluding hydrogens is 417 g/mol. The quantitative estimate of drug-likeness (QED) is 0.287. The average Bonchev–Trinajstić information content (AvgIpc) is 2.83. The molecule has 1 aromatic rings. The van der Waals surface area contributed by atoms with Crippen molar-refractivity contribution in [2.75, 3.05) is 20.1 Å². The van der Waals surface area contributed by atoms with Gasteiger partial charge in [0.2, 0.25) is 0 Å². The number of likely N-dealkylation sites (tertiary alicyclic amines) is 1. The van der Waals surface area contributed by atoms with Crippen LogP contribution in [0.2, 0.25) is 0 Å². The summed E-state index contributed by atoms with van der Waals surface area (Å²) in [5.41, 5.74) is 1.54. The Morgan fingerprint density at radius 3 is 2.08 bits per heavy atom. The third-order valence-corrected chi connectivity index (χ3v) is 6.17. The van der Waals surface area contributed by atoms with Crippen LogP contribution in [0.15, 0.2) is 30.3 Å². The van der Waals surface area contributed by atoms with E-state index in [1.807, 2.05) is 0 Å². The van der Waals surface area contributed by atoms with Gasteiger partial charge in [0.15, 0.2) is 0 Å².